The summed E-state index contributed by atoms with van der Waals surface area (Å²) in [6, 6.07) is 3.74. The largest absolute Gasteiger partial charge is 0.493 e. The SMILES string of the molecule is COC(=O)/C=C/C=C/NCc1cc(OC)c(OC)c(OC)c1. The van der Waals surface area contributed by atoms with Gasteiger partial charge in [0.05, 0.1) is 28.4 Å². The monoisotopic (exact) mass is 307 g/mol. The minimum atomic E-state index is -0.394. The second kappa shape index (κ2) is 9.33. The summed E-state index contributed by atoms with van der Waals surface area (Å²) in [4.78, 5) is 10.9. The van der Waals surface area contributed by atoms with Crippen LogP contribution in [0, 0.1) is 0 Å². The predicted molar refractivity (Wildman–Crippen MR) is 83.2 cm³/mol. The number of benzene rings is 1. The second-order valence-corrected chi connectivity index (χ2v) is 4.16. The number of hydrogen-bond acceptors (Lipinski definition) is 6. The van der Waals surface area contributed by atoms with Gasteiger partial charge in [-0.25, -0.2) is 4.79 Å². The standard InChI is InChI=1S/C16H21NO5/c1-19-13-9-12(10-14(20-2)16(13)22-4)11-17-8-6-5-7-15(18)21-3/h5-10,17H,11H2,1-4H3/b7-5+,8-6+. The summed E-state index contributed by atoms with van der Waals surface area (Å²) in [6.45, 7) is 0.569. The molecule has 1 N–H and O–H groups in total. The topological polar surface area (TPSA) is 66.0 Å². The van der Waals surface area contributed by atoms with Gasteiger partial charge in [0, 0.05) is 12.6 Å². The van der Waals surface area contributed by atoms with Gasteiger partial charge in [-0.2, -0.15) is 0 Å². The number of rotatable bonds is 8. The second-order valence-electron chi connectivity index (χ2n) is 4.16. The Hall–Kier alpha value is -2.63. The Labute approximate surface area is 130 Å². The molecule has 0 spiro atoms. The molecule has 0 unspecified atom stereocenters. The molecule has 0 aliphatic heterocycles. The van der Waals surface area contributed by atoms with Gasteiger partial charge in [-0.1, -0.05) is 6.08 Å². The van der Waals surface area contributed by atoms with Crippen LogP contribution in [0.4, 0.5) is 0 Å². The minimum absolute atomic E-state index is 0.394. The first kappa shape index (κ1) is 17.4. The molecule has 0 aliphatic rings. The van der Waals surface area contributed by atoms with E-state index in [9.17, 15) is 4.79 Å². The summed E-state index contributed by atoms with van der Waals surface area (Å²) < 4.78 is 20.3. The Bertz CT molecular complexity index is 526. The number of carbonyl (C=O) groups excluding carboxylic acids is 1. The molecule has 0 saturated heterocycles. The lowest BCUT2D eigenvalue weighted by atomic mass is 10.2. The van der Waals surface area contributed by atoms with Crippen molar-refractivity contribution < 1.29 is 23.7 Å². The molecule has 6 nitrogen and oxygen atoms in total. The maximum Gasteiger partial charge on any atom is 0.330 e. The molecule has 0 bridgehead atoms. The number of hydrogen-bond donors (Lipinski definition) is 1. The highest BCUT2D eigenvalue weighted by atomic mass is 16.5. The highest BCUT2D eigenvalue weighted by Gasteiger charge is 2.12. The third-order valence-electron chi connectivity index (χ3n) is 2.79. The van der Waals surface area contributed by atoms with Gasteiger partial charge >= 0.3 is 5.97 Å². The van der Waals surface area contributed by atoms with E-state index in [-0.39, 0.29) is 0 Å². The van der Waals surface area contributed by atoms with Gasteiger partial charge in [-0.15, -0.1) is 0 Å². The van der Waals surface area contributed by atoms with Crippen LogP contribution in [-0.4, -0.2) is 34.4 Å². The summed E-state index contributed by atoms with van der Waals surface area (Å²) in [5.41, 5.74) is 0.969. The van der Waals surface area contributed by atoms with Crippen LogP contribution >= 0.6 is 0 Å². The van der Waals surface area contributed by atoms with Gasteiger partial charge in [0.15, 0.2) is 11.5 Å². The number of allylic oxidation sites excluding steroid dienone is 2. The number of nitrogens with one attached hydrogen (secondary N) is 1. The Kier molecular flexibility index (Phi) is 7.39. The van der Waals surface area contributed by atoms with Crippen LogP contribution < -0.4 is 19.5 Å². The average Bonchev–Trinajstić information content (AvgIpc) is 2.56. The molecule has 0 heterocycles. The van der Waals surface area contributed by atoms with E-state index < -0.39 is 5.97 Å². The van der Waals surface area contributed by atoms with E-state index in [4.69, 9.17) is 14.2 Å². The molecule has 120 valence electrons. The van der Waals surface area contributed by atoms with Crippen molar-refractivity contribution in [1.29, 1.82) is 0 Å². The van der Waals surface area contributed by atoms with Crippen molar-refractivity contribution in [3.63, 3.8) is 0 Å². The molecule has 1 aromatic rings. The summed E-state index contributed by atoms with van der Waals surface area (Å²) in [5.74, 6) is 1.38. The van der Waals surface area contributed by atoms with Crippen LogP contribution in [0.25, 0.3) is 0 Å². The van der Waals surface area contributed by atoms with Crippen LogP contribution in [0.2, 0.25) is 0 Å². The molecule has 1 rings (SSSR count). The van der Waals surface area contributed by atoms with Crippen molar-refractivity contribution >= 4 is 5.97 Å². The summed E-state index contributed by atoms with van der Waals surface area (Å²) in [7, 11) is 6.05. The average molecular weight is 307 g/mol. The Morgan fingerprint density at radius 1 is 1.05 bits per heavy atom. The van der Waals surface area contributed by atoms with Gasteiger partial charge in [0.2, 0.25) is 5.75 Å². The zero-order valence-electron chi connectivity index (χ0n) is 13.2. The van der Waals surface area contributed by atoms with Crippen LogP contribution in [0.1, 0.15) is 5.56 Å². The van der Waals surface area contributed by atoms with Crippen molar-refractivity contribution in [2.75, 3.05) is 28.4 Å². The smallest absolute Gasteiger partial charge is 0.330 e. The lowest BCUT2D eigenvalue weighted by Gasteiger charge is -2.14. The highest BCUT2D eigenvalue weighted by Crippen LogP contribution is 2.38. The lowest BCUT2D eigenvalue weighted by molar-refractivity contribution is -0.134. The zero-order chi connectivity index (χ0) is 16.4. The Morgan fingerprint density at radius 3 is 2.18 bits per heavy atom. The molecule has 0 aromatic heterocycles. The molecule has 1 aromatic carbocycles. The van der Waals surface area contributed by atoms with Gasteiger partial charge < -0.3 is 24.3 Å². The maximum atomic E-state index is 10.9. The first-order valence-electron chi connectivity index (χ1n) is 6.59. The van der Waals surface area contributed by atoms with E-state index >= 15 is 0 Å². The molecule has 0 saturated carbocycles. The summed E-state index contributed by atoms with van der Waals surface area (Å²) in [5, 5.41) is 3.10. The van der Waals surface area contributed by atoms with Gasteiger partial charge in [0.1, 0.15) is 0 Å². The quantitative estimate of drug-likeness (QED) is 0.450. The number of methoxy groups -OCH3 is 4. The normalized spacial score (nSPS) is 10.7. The van der Waals surface area contributed by atoms with Crippen LogP contribution in [-0.2, 0) is 16.1 Å². The fraction of sp³-hybridized carbons (Fsp3) is 0.312. The third-order valence-corrected chi connectivity index (χ3v) is 2.79. The van der Waals surface area contributed by atoms with Gasteiger partial charge in [0.25, 0.3) is 0 Å². The molecule has 0 radical (unpaired) electrons. The predicted octanol–water partition coefficient (Wildman–Crippen LogP) is 2.04. The molecular weight excluding hydrogens is 286 g/mol. The van der Waals surface area contributed by atoms with Crippen molar-refractivity contribution in [1.82, 2.24) is 5.32 Å². The van der Waals surface area contributed by atoms with Crippen LogP contribution in [0.5, 0.6) is 17.2 Å². The Balaban J connectivity index is 2.68. The van der Waals surface area contributed by atoms with Crippen molar-refractivity contribution in [3.05, 3.63) is 42.1 Å². The Morgan fingerprint density at radius 2 is 1.68 bits per heavy atom. The van der Waals surface area contributed by atoms with Crippen molar-refractivity contribution in [2.24, 2.45) is 0 Å². The zero-order valence-corrected chi connectivity index (χ0v) is 13.2. The fourth-order valence-electron chi connectivity index (χ4n) is 1.74. The van der Waals surface area contributed by atoms with Crippen LogP contribution in [0.3, 0.4) is 0 Å². The van der Waals surface area contributed by atoms with E-state index in [1.807, 2.05) is 12.1 Å². The molecule has 0 aliphatic carbocycles. The molecule has 0 amide bonds. The van der Waals surface area contributed by atoms with Gasteiger partial charge in [-0.05, 0) is 30.0 Å². The van der Waals surface area contributed by atoms with Gasteiger partial charge in [-0.3, -0.25) is 0 Å². The van der Waals surface area contributed by atoms with E-state index in [1.165, 1.54) is 13.2 Å². The van der Waals surface area contributed by atoms with Crippen molar-refractivity contribution in [3.8, 4) is 17.2 Å². The van der Waals surface area contributed by atoms with E-state index in [1.54, 1.807) is 39.7 Å². The molecule has 6 heteroatoms. The number of ether oxygens (including phenoxy) is 4. The van der Waals surface area contributed by atoms with E-state index in [2.05, 4.69) is 10.1 Å². The highest BCUT2D eigenvalue weighted by molar-refractivity contribution is 5.82. The molecule has 0 fully saturated rings. The summed E-state index contributed by atoms with van der Waals surface area (Å²) in [6.07, 6.45) is 6.35. The summed E-state index contributed by atoms with van der Waals surface area (Å²) >= 11 is 0. The minimum Gasteiger partial charge on any atom is -0.493 e. The number of carbonyl (C=O) groups is 1. The first-order chi connectivity index (χ1) is 10.7. The number of esters is 1. The van der Waals surface area contributed by atoms with E-state index in [0.717, 1.165) is 5.56 Å². The maximum absolute atomic E-state index is 10.9. The molecule has 22 heavy (non-hydrogen) atoms. The van der Waals surface area contributed by atoms with E-state index in [0.29, 0.717) is 23.8 Å². The third kappa shape index (κ3) is 5.05. The van der Waals surface area contributed by atoms with Crippen molar-refractivity contribution in [2.45, 2.75) is 6.54 Å². The fourth-order valence-corrected chi connectivity index (χ4v) is 1.74. The lowest BCUT2D eigenvalue weighted by Crippen LogP contribution is -2.05. The molecular formula is C16H21NO5. The first-order valence-corrected chi connectivity index (χ1v) is 6.59. The molecule has 0 atom stereocenters. The van der Waals surface area contributed by atoms with Crippen LogP contribution in [0.15, 0.2) is 36.6 Å².